The lowest BCUT2D eigenvalue weighted by molar-refractivity contribution is -0.143. The molecule has 0 radical (unpaired) electrons. The Kier molecular flexibility index (Phi) is 1.82. The van der Waals surface area contributed by atoms with Gasteiger partial charge in [-0.15, -0.1) is 0 Å². The van der Waals surface area contributed by atoms with Gasteiger partial charge in [0.05, 0.1) is 6.61 Å². The highest BCUT2D eigenvalue weighted by atomic mass is 35.5. The van der Waals surface area contributed by atoms with Gasteiger partial charge in [-0.3, -0.25) is 0 Å². The second-order valence-electron chi connectivity index (χ2n) is 1.77. The summed E-state index contributed by atoms with van der Waals surface area (Å²) in [5, 5.41) is 17.1. The van der Waals surface area contributed by atoms with E-state index in [2.05, 4.69) is 4.74 Å². The molecular formula is C5H5ClO4. The van der Waals surface area contributed by atoms with E-state index in [-0.39, 0.29) is 5.03 Å². The minimum atomic E-state index is -0.885. The number of aliphatic hydroxyl groups excluding tert-OH is 2. The van der Waals surface area contributed by atoms with Crippen molar-refractivity contribution in [1.82, 2.24) is 0 Å². The molecule has 0 aromatic heterocycles. The molecule has 0 bridgehead atoms. The number of carbonyl (C=O) groups excluding carboxylic acids is 1. The molecule has 1 rings (SSSR count). The molecule has 1 aliphatic rings. The summed E-state index contributed by atoms with van der Waals surface area (Å²) in [6.07, 6.45) is -0.880. The van der Waals surface area contributed by atoms with Crippen molar-refractivity contribution in [2.24, 2.45) is 0 Å². The number of cyclic esters (lactones) is 1. The molecular weight excluding hydrogens is 160 g/mol. The zero-order valence-electron chi connectivity index (χ0n) is 4.87. The molecule has 0 aromatic rings. The summed E-state index contributed by atoms with van der Waals surface area (Å²) >= 11 is 5.35. The maximum atomic E-state index is 10.4. The number of hydrogen-bond donors (Lipinski definition) is 2. The Morgan fingerprint density at radius 3 is 2.50 bits per heavy atom. The Morgan fingerprint density at radius 2 is 2.30 bits per heavy atom. The summed E-state index contributed by atoms with van der Waals surface area (Å²) in [5.41, 5.74) is 0. The van der Waals surface area contributed by atoms with Gasteiger partial charge in [0.15, 0.2) is 6.10 Å². The van der Waals surface area contributed by atoms with Crippen molar-refractivity contribution in [3.8, 4) is 0 Å². The standard InChI is InChI=1S/C5H5ClO4/c6-3-2(1-7)10-5(9)4(3)8/h2,7-8H,1H2/t2-/m1/s1. The van der Waals surface area contributed by atoms with Crippen LogP contribution in [0.25, 0.3) is 0 Å². The molecule has 0 unspecified atom stereocenters. The van der Waals surface area contributed by atoms with Crippen molar-refractivity contribution in [3.63, 3.8) is 0 Å². The molecule has 1 heterocycles. The lowest BCUT2D eigenvalue weighted by atomic mass is 10.3. The first-order chi connectivity index (χ1) is 4.66. The first-order valence-corrected chi connectivity index (χ1v) is 2.95. The molecule has 0 aliphatic carbocycles. The molecule has 5 heteroatoms. The summed E-state index contributed by atoms with van der Waals surface area (Å²) in [5.74, 6) is -1.50. The van der Waals surface area contributed by atoms with E-state index in [1.807, 2.05) is 0 Å². The van der Waals surface area contributed by atoms with Crippen molar-refractivity contribution in [3.05, 3.63) is 10.8 Å². The van der Waals surface area contributed by atoms with Crippen LogP contribution in [0.5, 0.6) is 0 Å². The number of esters is 1. The maximum Gasteiger partial charge on any atom is 0.375 e. The van der Waals surface area contributed by atoms with Crippen LogP contribution in [-0.2, 0) is 9.53 Å². The molecule has 1 aliphatic heterocycles. The molecule has 10 heavy (non-hydrogen) atoms. The zero-order chi connectivity index (χ0) is 7.72. The van der Waals surface area contributed by atoms with Gasteiger partial charge in [-0.1, -0.05) is 11.6 Å². The third kappa shape index (κ3) is 0.955. The van der Waals surface area contributed by atoms with Crippen LogP contribution in [0.4, 0.5) is 0 Å². The molecule has 56 valence electrons. The summed E-state index contributed by atoms with van der Waals surface area (Å²) in [4.78, 5) is 10.4. The molecule has 1 atom stereocenters. The second kappa shape index (κ2) is 2.48. The van der Waals surface area contributed by atoms with E-state index < -0.39 is 24.4 Å². The predicted molar refractivity (Wildman–Crippen MR) is 32.5 cm³/mol. The number of hydrogen-bond acceptors (Lipinski definition) is 4. The number of aliphatic hydroxyl groups is 2. The Hall–Kier alpha value is -0.740. The third-order valence-corrected chi connectivity index (χ3v) is 1.54. The van der Waals surface area contributed by atoms with Gasteiger partial charge >= 0.3 is 5.97 Å². The fourth-order valence-corrected chi connectivity index (χ4v) is 0.795. The number of carbonyl (C=O) groups is 1. The number of rotatable bonds is 1. The van der Waals surface area contributed by atoms with Crippen LogP contribution in [0.2, 0.25) is 0 Å². The second-order valence-corrected chi connectivity index (χ2v) is 2.18. The van der Waals surface area contributed by atoms with Crippen LogP contribution in [0, 0.1) is 0 Å². The first-order valence-electron chi connectivity index (χ1n) is 2.57. The fourth-order valence-electron chi connectivity index (χ4n) is 0.604. The van der Waals surface area contributed by atoms with Gasteiger partial charge in [0.2, 0.25) is 5.76 Å². The lowest BCUT2D eigenvalue weighted by Gasteiger charge is -2.02. The quantitative estimate of drug-likeness (QED) is 0.532. The molecule has 2 N–H and O–H groups in total. The topological polar surface area (TPSA) is 66.8 Å². The first kappa shape index (κ1) is 7.37. The molecule has 0 fully saturated rings. The molecule has 0 saturated heterocycles. The molecule has 4 nitrogen and oxygen atoms in total. The number of halogens is 1. The predicted octanol–water partition coefficient (Wildman–Crippen LogP) is -0.0875. The van der Waals surface area contributed by atoms with E-state index in [1.54, 1.807) is 0 Å². The lowest BCUT2D eigenvalue weighted by Crippen LogP contribution is -2.14. The van der Waals surface area contributed by atoms with Gasteiger partial charge in [-0.05, 0) is 0 Å². The van der Waals surface area contributed by atoms with Gasteiger partial charge in [-0.2, -0.15) is 0 Å². The summed E-state index contributed by atoms with van der Waals surface area (Å²) in [6, 6.07) is 0. The Morgan fingerprint density at radius 1 is 1.70 bits per heavy atom. The molecule has 0 saturated carbocycles. The van der Waals surface area contributed by atoms with Gasteiger partial charge in [-0.25, -0.2) is 4.79 Å². The summed E-state index contributed by atoms with van der Waals surface area (Å²) < 4.78 is 4.39. The van der Waals surface area contributed by atoms with Crippen molar-refractivity contribution in [1.29, 1.82) is 0 Å². The minimum Gasteiger partial charge on any atom is -0.501 e. The highest BCUT2D eigenvalue weighted by Crippen LogP contribution is 2.23. The Labute approximate surface area is 61.7 Å². The van der Waals surface area contributed by atoms with Crippen LogP contribution in [0.3, 0.4) is 0 Å². The highest BCUT2D eigenvalue weighted by Gasteiger charge is 2.32. The van der Waals surface area contributed by atoms with E-state index >= 15 is 0 Å². The molecule has 0 amide bonds. The van der Waals surface area contributed by atoms with Crippen LogP contribution >= 0.6 is 11.6 Å². The van der Waals surface area contributed by atoms with Gasteiger partial charge in [0, 0.05) is 0 Å². The van der Waals surface area contributed by atoms with Gasteiger partial charge in [0.25, 0.3) is 0 Å². The van der Waals surface area contributed by atoms with Gasteiger partial charge < -0.3 is 14.9 Å². The maximum absolute atomic E-state index is 10.4. The average Bonchev–Trinajstić information content (AvgIpc) is 2.17. The van der Waals surface area contributed by atoms with E-state index in [1.165, 1.54) is 0 Å². The smallest absolute Gasteiger partial charge is 0.375 e. The van der Waals surface area contributed by atoms with E-state index in [9.17, 15) is 4.79 Å². The monoisotopic (exact) mass is 164 g/mol. The van der Waals surface area contributed by atoms with E-state index in [0.29, 0.717) is 0 Å². The average molecular weight is 165 g/mol. The zero-order valence-corrected chi connectivity index (χ0v) is 5.63. The van der Waals surface area contributed by atoms with Crippen LogP contribution in [0.15, 0.2) is 10.8 Å². The van der Waals surface area contributed by atoms with Crippen molar-refractivity contribution < 1.29 is 19.7 Å². The Bertz CT molecular complexity index is 198. The van der Waals surface area contributed by atoms with E-state index in [4.69, 9.17) is 21.8 Å². The Balaban J connectivity index is 2.83. The van der Waals surface area contributed by atoms with Crippen LogP contribution < -0.4 is 0 Å². The van der Waals surface area contributed by atoms with Crippen LogP contribution in [0.1, 0.15) is 0 Å². The third-order valence-electron chi connectivity index (χ3n) is 1.12. The van der Waals surface area contributed by atoms with Crippen molar-refractivity contribution >= 4 is 17.6 Å². The molecule has 0 spiro atoms. The van der Waals surface area contributed by atoms with E-state index in [0.717, 1.165) is 0 Å². The molecule has 0 aromatic carbocycles. The van der Waals surface area contributed by atoms with Crippen molar-refractivity contribution in [2.75, 3.05) is 6.61 Å². The largest absolute Gasteiger partial charge is 0.501 e. The van der Waals surface area contributed by atoms with Crippen LogP contribution in [-0.4, -0.2) is 28.9 Å². The summed E-state index contributed by atoms with van der Waals surface area (Å²) in [7, 11) is 0. The highest BCUT2D eigenvalue weighted by molar-refractivity contribution is 6.32. The normalized spacial score (nSPS) is 25.4. The SMILES string of the molecule is O=C1O[C@H](CO)C(Cl)=C1O. The van der Waals surface area contributed by atoms with Crippen molar-refractivity contribution in [2.45, 2.75) is 6.10 Å². The summed E-state index contributed by atoms with van der Waals surface area (Å²) in [6.45, 7) is -0.408. The fraction of sp³-hybridized carbons (Fsp3) is 0.400. The van der Waals surface area contributed by atoms with Gasteiger partial charge in [0.1, 0.15) is 5.03 Å². The number of ether oxygens (including phenoxy) is 1. The minimum absolute atomic E-state index is 0.132.